The average molecular weight is 284 g/mol. The van der Waals surface area contributed by atoms with E-state index in [9.17, 15) is 4.79 Å². The van der Waals surface area contributed by atoms with E-state index in [0.29, 0.717) is 12.1 Å². The Hall–Kier alpha value is -0.160. The van der Waals surface area contributed by atoms with E-state index >= 15 is 0 Å². The Kier molecular flexibility index (Phi) is 3.26. The van der Waals surface area contributed by atoms with E-state index in [1.807, 2.05) is 0 Å². The molecular weight excluding hydrogens is 278 g/mol. The fourth-order valence-electron chi connectivity index (χ4n) is 0.584. The van der Waals surface area contributed by atoms with E-state index in [1.165, 1.54) is 7.11 Å². The molecule has 1 unspecified atom stereocenters. The monoisotopic (exact) mass is 284 g/mol. The smallest absolute Gasteiger partial charge is 0.358 e. The fourth-order valence-corrected chi connectivity index (χ4v) is 1.67. The molecule has 1 aromatic heterocycles. The third-order valence-electron chi connectivity index (χ3n) is 1.07. The molecule has 0 saturated heterocycles. The Morgan fingerprint density at radius 2 is 2.64 bits per heavy atom. The van der Waals surface area contributed by atoms with Gasteiger partial charge in [0.1, 0.15) is 0 Å². The number of esters is 1. The van der Waals surface area contributed by atoms with E-state index in [1.54, 1.807) is 16.7 Å². The zero-order chi connectivity index (χ0) is 8.27. The predicted molar refractivity (Wildman–Crippen MR) is 51.3 cm³/mol. The molecule has 0 saturated carbocycles. The second-order valence-corrected chi connectivity index (χ2v) is 3.80. The first-order chi connectivity index (χ1) is 5.27. The maximum absolute atomic E-state index is 10.8. The van der Waals surface area contributed by atoms with Crippen molar-refractivity contribution in [1.29, 1.82) is 0 Å². The summed E-state index contributed by atoms with van der Waals surface area (Å²) in [5.74, 6) is -0.390. The lowest BCUT2D eigenvalue weighted by Crippen LogP contribution is -2.01. The summed E-state index contributed by atoms with van der Waals surface area (Å²) in [6, 6.07) is 1.64. The number of methoxy groups -OCH3 is 1. The van der Waals surface area contributed by atoms with Gasteiger partial charge in [-0.15, -0.1) is 0 Å². The molecule has 1 heterocycles. The SMILES string of the molecule is COC(=O)c1ccn(PI)n1. The van der Waals surface area contributed by atoms with Crippen molar-refractivity contribution in [3.63, 3.8) is 0 Å². The summed E-state index contributed by atoms with van der Waals surface area (Å²) >= 11 is 2.18. The van der Waals surface area contributed by atoms with Crippen LogP contribution in [-0.4, -0.2) is 22.6 Å². The van der Waals surface area contributed by atoms with Gasteiger partial charge in [0.15, 0.2) is 5.69 Å². The summed E-state index contributed by atoms with van der Waals surface area (Å²) in [6.07, 6.45) is 2.26. The zero-order valence-electron chi connectivity index (χ0n) is 5.74. The van der Waals surface area contributed by atoms with Crippen LogP contribution in [0, 0.1) is 0 Å². The predicted octanol–water partition coefficient (Wildman–Crippen LogP) is 1.46. The molecular formula is C5H6IN2O2P. The molecule has 0 amide bonds. The molecule has 60 valence electrons. The highest BCUT2D eigenvalue weighted by Crippen LogP contribution is 2.21. The minimum absolute atomic E-state index is 0.358. The molecule has 4 nitrogen and oxygen atoms in total. The van der Waals surface area contributed by atoms with Gasteiger partial charge < -0.3 is 4.74 Å². The Bertz CT molecular complexity index is 263. The number of carbonyl (C=O) groups is 1. The van der Waals surface area contributed by atoms with E-state index < -0.39 is 5.97 Å². The summed E-state index contributed by atoms with van der Waals surface area (Å²) in [7, 11) is 1.34. The summed E-state index contributed by atoms with van der Waals surface area (Å²) in [5.41, 5.74) is 0.358. The van der Waals surface area contributed by atoms with Gasteiger partial charge in [-0.25, -0.2) is 9.25 Å². The van der Waals surface area contributed by atoms with E-state index in [4.69, 9.17) is 0 Å². The van der Waals surface area contributed by atoms with Crippen molar-refractivity contribution in [3.8, 4) is 0 Å². The largest absolute Gasteiger partial charge is 0.464 e. The van der Waals surface area contributed by atoms with Crippen LogP contribution in [0.5, 0.6) is 0 Å². The molecule has 0 aliphatic carbocycles. The number of rotatable bonds is 2. The number of carbonyl (C=O) groups excluding carboxylic acids is 1. The number of hydrogen-bond acceptors (Lipinski definition) is 3. The number of nitrogens with zero attached hydrogens (tertiary/aromatic N) is 2. The lowest BCUT2D eigenvalue weighted by atomic mass is 10.4. The van der Waals surface area contributed by atoms with Crippen LogP contribution in [0.1, 0.15) is 10.5 Å². The molecule has 1 atom stereocenters. The van der Waals surface area contributed by atoms with Crippen LogP contribution in [-0.2, 0) is 4.74 Å². The van der Waals surface area contributed by atoms with Crippen LogP contribution in [0.2, 0.25) is 0 Å². The van der Waals surface area contributed by atoms with Crippen molar-refractivity contribution in [2.75, 3.05) is 7.11 Å². The second kappa shape index (κ2) is 4.01. The summed E-state index contributed by atoms with van der Waals surface area (Å²) in [4.78, 5) is 10.8. The number of halogens is 1. The van der Waals surface area contributed by atoms with Crippen molar-refractivity contribution >= 4 is 34.4 Å². The maximum atomic E-state index is 10.8. The maximum Gasteiger partial charge on any atom is 0.358 e. The first-order valence-corrected chi connectivity index (χ1v) is 6.84. The highest BCUT2D eigenvalue weighted by molar-refractivity contribution is 14.2. The molecule has 1 rings (SSSR count). The quantitative estimate of drug-likeness (QED) is 0.469. The third-order valence-corrected chi connectivity index (χ3v) is 2.98. The Morgan fingerprint density at radius 3 is 3.09 bits per heavy atom. The molecule has 0 aliphatic heterocycles. The molecule has 0 aromatic carbocycles. The zero-order valence-corrected chi connectivity index (χ0v) is 8.90. The minimum Gasteiger partial charge on any atom is -0.464 e. The molecule has 0 radical (unpaired) electrons. The van der Waals surface area contributed by atoms with E-state index in [2.05, 4.69) is 31.9 Å². The van der Waals surface area contributed by atoms with Crippen molar-refractivity contribution < 1.29 is 9.53 Å². The molecule has 0 spiro atoms. The highest BCUT2D eigenvalue weighted by atomic mass is 127. The van der Waals surface area contributed by atoms with Gasteiger partial charge >= 0.3 is 5.97 Å². The molecule has 0 bridgehead atoms. The summed E-state index contributed by atoms with van der Waals surface area (Å²) in [5, 5.41) is 3.95. The second-order valence-electron chi connectivity index (χ2n) is 1.72. The highest BCUT2D eigenvalue weighted by Gasteiger charge is 2.07. The van der Waals surface area contributed by atoms with Gasteiger partial charge in [-0.3, -0.25) is 0 Å². The normalized spacial score (nSPS) is 10.7. The summed E-state index contributed by atoms with van der Waals surface area (Å²) < 4.78 is 6.17. The van der Waals surface area contributed by atoms with Crippen molar-refractivity contribution in [2.24, 2.45) is 0 Å². The van der Waals surface area contributed by atoms with Crippen LogP contribution in [0.15, 0.2) is 12.3 Å². The topological polar surface area (TPSA) is 44.1 Å². The van der Waals surface area contributed by atoms with Crippen LogP contribution in [0.25, 0.3) is 0 Å². The van der Waals surface area contributed by atoms with Crippen LogP contribution in [0.4, 0.5) is 0 Å². The van der Waals surface area contributed by atoms with E-state index in [0.717, 1.165) is 0 Å². The van der Waals surface area contributed by atoms with Gasteiger partial charge in [-0.2, -0.15) is 5.10 Å². The molecule has 11 heavy (non-hydrogen) atoms. The Labute approximate surface area is 78.6 Å². The first kappa shape index (κ1) is 8.93. The van der Waals surface area contributed by atoms with Gasteiger partial charge in [0.25, 0.3) is 0 Å². The van der Waals surface area contributed by atoms with Gasteiger partial charge in [0.05, 0.1) is 13.5 Å². The Balaban J connectivity index is 2.80. The van der Waals surface area contributed by atoms with Crippen molar-refractivity contribution in [3.05, 3.63) is 18.0 Å². The van der Waals surface area contributed by atoms with Gasteiger partial charge in [-0.05, 0) is 28.1 Å². The van der Waals surface area contributed by atoms with Crippen molar-refractivity contribution in [2.45, 2.75) is 0 Å². The van der Waals surface area contributed by atoms with Crippen LogP contribution >= 0.6 is 28.4 Å². The molecule has 6 heteroatoms. The number of aromatic nitrogens is 2. The third kappa shape index (κ3) is 2.13. The van der Waals surface area contributed by atoms with Gasteiger partial charge in [0, 0.05) is 6.20 Å². The standard InChI is InChI=1S/C5H6IN2O2P/c1-10-5(9)4-2-3-8(7-4)11-6/h2-3,11H,1H3. The van der Waals surface area contributed by atoms with Crippen LogP contribution < -0.4 is 0 Å². The van der Waals surface area contributed by atoms with Crippen molar-refractivity contribution in [1.82, 2.24) is 9.55 Å². The number of hydrogen-bond donors (Lipinski definition) is 0. The molecule has 0 N–H and O–H groups in total. The summed E-state index contributed by atoms with van der Waals surface area (Å²) in [6.45, 7) is 0. The number of ether oxygens (including phenoxy) is 1. The molecule has 1 aromatic rings. The average Bonchev–Trinajstić information content (AvgIpc) is 2.50. The lowest BCUT2D eigenvalue weighted by Gasteiger charge is -1.92. The minimum atomic E-state index is -0.390. The molecule has 0 fully saturated rings. The first-order valence-electron chi connectivity index (χ1n) is 2.78. The molecule has 0 aliphatic rings. The Morgan fingerprint density at radius 1 is 1.91 bits per heavy atom. The van der Waals surface area contributed by atoms with Crippen LogP contribution in [0.3, 0.4) is 0 Å². The lowest BCUT2D eigenvalue weighted by molar-refractivity contribution is 0.0594. The van der Waals surface area contributed by atoms with E-state index in [-0.39, 0.29) is 0 Å². The van der Waals surface area contributed by atoms with Gasteiger partial charge in [-0.1, -0.05) is 0 Å². The van der Waals surface area contributed by atoms with Gasteiger partial charge in [0.2, 0.25) is 0 Å². The fraction of sp³-hybridized carbons (Fsp3) is 0.200.